The van der Waals surface area contributed by atoms with E-state index in [4.69, 9.17) is 0 Å². The van der Waals surface area contributed by atoms with Crippen LogP contribution in [0.2, 0.25) is 0 Å². The van der Waals surface area contributed by atoms with E-state index in [0.29, 0.717) is 0 Å². The van der Waals surface area contributed by atoms with E-state index in [2.05, 4.69) is 33.9 Å². The smallest absolute Gasteiger partial charge is 0.254 e. The highest BCUT2D eigenvalue weighted by molar-refractivity contribution is 7.07. The number of amides is 1. The molecule has 1 atom stereocenters. The van der Waals surface area contributed by atoms with Gasteiger partial charge in [-0.3, -0.25) is 4.79 Å². The zero-order valence-electron chi connectivity index (χ0n) is 12.0. The first-order valence-corrected chi connectivity index (χ1v) is 8.72. The van der Waals surface area contributed by atoms with Crippen LogP contribution in [0.1, 0.15) is 52.4 Å². The van der Waals surface area contributed by atoms with Crippen LogP contribution < -0.4 is 0 Å². The van der Waals surface area contributed by atoms with Crippen LogP contribution in [0.3, 0.4) is 0 Å². The summed E-state index contributed by atoms with van der Waals surface area (Å²) in [7, 11) is 0. The molecule has 4 rings (SSSR count). The van der Waals surface area contributed by atoms with Crippen molar-refractivity contribution in [2.75, 3.05) is 6.54 Å². The molecular formula is C18H19NOS. The molecule has 0 saturated carbocycles. The van der Waals surface area contributed by atoms with Gasteiger partial charge in [-0.2, -0.15) is 11.3 Å². The number of carbonyl (C=O) groups is 1. The maximum absolute atomic E-state index is 12.9. The van der Waals surface area contributed by atoms with E-state index in [1.165, 1.54) is 29.5 Å². The second-order valence-corrected chi connectivity index (χ2v) is 6.83. The molecule has 21 heavy (non-hydrogen) atoms. The van der Waals surface area contributed by atoms with Gasteiger partial charge in [-0.15, -0.1) is 0 Å². The van der Waals surface area contributed by atoms with Crippen molar-refractivity contribution < 1.29 is 4.79 Å². The first-order chi connectivity index (χ1) is 10.3. The van der Waals surface area contributed by atoms with E-state index in [9.17, 15) is 4.79 Å². The van der Waals surface area contributed by atoms with Gasteiger partial charge in [0.1, 0.15) is 0 Å². The number of carbonyl (C=O) groups excluding carboxylic acids is 1. The van der Waals surface area contributed by atoms with Crippen molar-refractivity contribution in [1.29, 1.82) is 0 Å². The summed E-state index contributed by atoms with van der Waals surface area (Å²) in [5, 5.41) is 4.28. The standard InChI is InChI=1S/C18H19NOS/c20-18(15-7-6-13-3-1-4-14(13)11-15)19-9-2-5-17(19)16-8-10-21-12-16/h6-8,10-12,17H,1-5,9H2/t17-/m1/s1. The molecule has 1 aliphatic heterocycles. The van der Waals surface area contributed by atoms with Crippen molar-refractivity contribution >= 4 is 17.2 Å². The van der Waals surface area contributed by atoms with Gasteiger partial charge in [-0.25, -0.2) is 0 Å². The lowest BCUT2D eigenvalue weighted by molar-refractivity contribution is 0.0736. The quantitative estimate of drug-likeness (QED) is 0.813. The zero-order chi connectivity index (χ0) is 14.2. The average molecular weight is 297 g/mol. The minimum atomic E-state index is 0.207. The van der Waals surface area contributed by atoms with Gasteiger partial charge in [-0.05, 0) is 77.8 Å². The Morgan fingerprint density at radius 1 is 1.14 bits per heavy atom. The molecule has 1 aliphatic carbocycles. The fourth-order valence-corrected chi connectivity index (χ4v) is 4.40. The molecule has 1 aromatic carbocycles. The van der Waals surface area contributed by atoms with Crippen molar-refractivity contribution in [3.05, 3.63) is 57.3 Å². The predicted molar refractivity (Wildman–Crippen MR) is 85.8 cm³/mol. The zero-order valence-corrected chi connectivity index (χ0v) is 12.9. The van der Waals surface area contributed by atoms with E-state index < -0.39 is 0 Å². The monoisotopic (exact) mass is 297 g/mol. The summed E-state index contributed by atoms with van der Waals surface area (Å²) < 4.78 is 0. The van der Waals surface area contributed by atoms with Crippen molar-refractivity contribution in [3.63, 3.8) is 0 Å². The fourth-order valence-electron chi connectivity index (χ4n) is 3.69. The molecule has 108 valence electrons. The molecule has 1 amide bonds. The minimum absolute atomic E-state index is 0.207. The largest absolute Gasteiger partial charge is 0.332 e. The van der Waals surface area contributed by atoms with Crippen LogP contribution >= 0.6 is 11.3 Å². The Kier molecular flexibility index (Phi) is 3.30. The molecule has 3 heteroatoms. The summed E-state index contributed by atoms with van der Waals surface area (Å²) in [6.07, 6.45) is 5.73. The third-order valence-electron chi connectivity index (χ3n) is 4.79. The highest BCUT2D eigenvalue weighted by Gasteiger charge is 2.31. The summed E-state index contributed by atoms with van der Waals surface area (Å²) >= 11 is 1.71. The number of hydrogen-bond acceptors (Lipinski definition) is 2. The normalized spacial score (nSPS) is 20.8. The van der Waals surface area contributed by atoms with Gasteiger partial charge in [0.15, 0.2) is 0 Å². The predicted octanol–water partition coefficient (Wildman–Crippen LogP) is 4.21. The fraction of sp³-hybridized carbons (Fsp3) is 0.389. The maximum Gasteiger partial charge on any atom is 0.254 e. The van der Waals surface area contributed by atoms with Gasteiger partial charge in [0.25, 0.3) is 5.91 Å². The number of thiophene rings is 1. The minimum Gasteiger partial charge on any atom is -0.332 e. The number of likely N-dealkylation sites (tertiary alicyclic amines) is 1. The van der Waals surface area contributed by atoms with Crippen molar-refractivity contribution in [3.8, 4) is 0 Å². The molecule has 0 radical (unpaired) electrons. The molecule has 1 saturated heterocycles. The molecule has 0 spiro atoms. The Morgan fingerprint density at radius 2 is 2.05 bits per heavy atom. The van der Waals surface area contributed by atoms with Gasteiger partial charge in [0, 0.05) is 12.1 Å². The summed E-state index contributed by atoms with van der Waals surface area (Å²) in [6, 6.07) is 8.75. The summed E-state index contributed by atoms with van der Waals surface area (Å²) in [5.41, 5.74) is 4.99. The summed E-state index contributed by atoms with van der Waals surface area (Å²) in [5.74, 6) is 0.207. The van der Waals surface area contributed by atoms with Gasteiger partial charge in [-0.1, -0.05) is 6.07 Å². The Labute approximate surface area is 129 Å². The Hall–Kier alpha value is -1.61. The Bertz CT molecular complexity index is 662. The van der Waals surface area contributed by atoms with Crippen LogP contribution in [0.4, 0.5) is 0 Å². The molecule has 0 unspecified atom stereocenters. The average Bonchev–Trinajstić information content (AvgIpc) is 3.24. The molecule has 1 aromatic heterocycles. The number of hydrogen-bond donors (Lipinski definition) is 0. The molecule has 0 bridgehead atoms. The number of aryl methyl sites for hydroxylation is 2. The van der Waals surface area contributed by atoms with E-state index >= 15 is 0 Å². The van der Waals surface area contributed by atoms with Gasteiger partial charge < -0.3 is 4.90 Å². The molecule has 2 aromatic rings. The lowest BCUT2D eigenvalue weighted by Crippen LogP contribution is -2.30. The second-order valence-electron chi connectivity index (χ2n) is 6.05. The molecule has 2 heterocycles. The third kappa shape index (κ3) is 2.30. The number of rotatable bonds is 2. The molecule has 2 aliphatic rings. The van der Waals surface area contributed by atoms with E-state index in [0.717, 1.165) is 31.4 Å². The van der Waals surface area contributed by atoms with Crippen LogP contribution in [-0.2, 0) is 12.8 Å². The van der Waals surface area contributed by atoms with Crippen LogP contribution in [-0.4, -0.2) is 17.4 Å². The third-order valence-corrected chi connectivity index (χ3v) is 5.49. The maximum atomic E-state index is 12.9. The second kappa shape index (κ2) is 5.30. The van der Waals surface area contributed by atoms with E-state index in [1.807, 2.05) is 6.07 Å². The first-order valence-electron chi connectivity index (χ1n) is 7.78. The number of nitrogens with zero attached hydrogens (tertiary/aromatic N) is 1. The molecular weight excluding hydrogens is 278 g/mol. The van der Waals surface area contributed by atoms with Crippen molar-refractivity contribution in [2.45, 2.75) is 38.1 Å². The van der Waals surface area contributed by atoms with E-state index in [-0.39, 0.29) is 11.9 Å². The summed E-state index contributed by atoms with van der Waals surface area (Å²) in [4.78, 5) is 14.9. The van der Waals surface area contributed by atoms with Crippen LogP contribution in [0, 0.1) is 0 Å². The Balaban J connectivity index is 1.62. The molecule has 1 fully saturated rings. The van der Waals surface area contributed by atoms with Crippen molar-refractivity contribution in [1.82, 2.24) is 4.90 Å². The molecule has 0 N–H and O–H groups in total. The van der Waals surface area contributed by atoms with Gasteiger partial charge in [0.05, 0.1) is 6.04 Å². The number of benzene rings is 1. The lowest BCUT2D eigenvalue weighted by Gasteiger charge is -2.24. The van der Waals surface area contributed by atoms with Gasteiger partial charge in [0.2, 0.25) is 0 Å². The van der Waals surface area contributed by atoms with Crippen LogP contribution in [0.15, 0.2) is 35.0 Å². The Morgan fingerprint density at radius 3 is 2.90 bits per heavy atom. The number of fused-ring (bicyclic) bond motifs is 1. The SMILES string of the molecule is O=C(c1ccc2c(c1)CCC2)N1CCC[C@@H]1c1ccsc1. The topological polar surface area (TPSA) is 20.3 Å². The summed E-state index contributed by atoms with van der Waals surface area (Å²) in [6.45, 7) is 0.885. The van der Waals surface area contributed by atoms with E-state index in [1.54, 1.807) is 11.3 Å². The van der Waals surface area contributed by atoms with Gasteiger partial charge >= 0.3 is 0 Å². The lowest BCUT2D eigenvalue weighted by atomic mass is 10.0. The van der Waals surface area contributed by atoms with Crippen LogP contribution in [0.5, 0.6) is 0 Å². The first kappa shape index (κ1) is 13.1. The van der Waals surface area contributed by atoms with Crippen LogP contribution in [0.25, 0.3) is 0 Å². The van der Waals surface area contributed by atoms with Crippen molar-refractivity contribution in [2.24, 2.45) is 0 Å². The highest BCUT2D eigenvalue weighted by atomic mass is 32.1. The molecule has 2 nitrogen and oxygen atoms in total. The highest BCUT2D eigenvalue weighted by Crippen LogP contribution is 2.34.